The molecular formula is C17H13ClN2O3. The molecule has 0 spiro atoms. The lowest BCUT2D eigenvalue weighted by Crippen LogP contribution is -2.32. The second-order valence-corrected chi connectivity index (χ2v) is 6.22. The van der Waals surface area contributed by atoms with Crippen molar-refractivity contribution in [1.29, 1.82) is 0 Å². The highest BCUT2D eigenvalue weighted by molar-refractivity contribution is 6.41. The summed E-state index contributed by atoms with van der Waals surface area (Å²) in [5.74, 6) is -0.559. The molecule has 0 N–H and O–H groups in total. The van der Waals surface area contributed by atoms with Crippen LogP contribution in [-0.2, 0) is 9.59 Å². The van der Waals surface area contributed by atoms with E-state index in [9.17, 15) is 14.8 Å². The second-order valence-electron chi connectivity index (χ2n) is 5.81. The maximum atomic E-state index is 12.7. The summed E-state index contributed by atoms with van der Waals surface area (Å²) in [5, 5.41) is 13.0. The van der Waals surface area contributed by atoms with Gasteiger partial charge in [0.1, 0.15) is 0 Å². The van der Waals surface area contributed by atoms with Gasteiger partial charge < -0.3 is 5.21 Å². The number of fused-ring (bicyclic) bond motifs is 1. The summed E-state index contributed by atoms with van der Waals surface area (Å²) >= 11 is 6.30. The quantitative estimate of drug-likeness (QED) is 0.459. The number of hydrogen-bond acceptors (Lipinski definition) is 3. The number of rotatable bonds is 1. The van der Waals surface area contributed by atoms with Crippen LogP contribution in [0.25, 0.3) is 10.8 Å². The van der Waals surface area contributed by atoms with Gasteiger partial charge in [0, 0.05) is 28.0 Å². The van der Waals surface area contributed by atoms with Crippen LogP contribution in [0.5, 0.6) is 0 Å². The summed E-state index contributed by atoms with van der Waals surface area (Å²) < 4.78 is 0.677. The Kier molecular flexibility index (Phi) is 3.13. The van der Waals surface area contributed by atoms with Crippen molar-refractivity contribution in [1.82, 2.24) is 0 Å². The van der Waals surface area contributed by atoms with Gasteiger partial charge in [0.05, 0.1) is 10.7 Å². The summed E-state index contributed by atoms with van der Waals surface area (Å²) in [5.41, 5.74) is 1.60. The molecule has 0 fully saturated rings. The lowest BCUT2D eigenvalue weighted by molar-refractivity contribution is -0.603. The monoisotopic (exact) mass is 328 g/mol. The van der Waals surface area contributed by atoms with Crippen LogP contribution in [0.2, 0.25) is 5.02 Å². The standard InChI is InChI=1S/C17H13ClN2O3/c18-14-6-5-10-9-19(23)8-7-11(10)15(14)20-16(21)12-3-1-2-4-13(12)17(20)22/h5-9H,1-4H2. The molecule has 0 saturated heterocycles. The number of pyridine rings is 1. The summed E-state index contributed by atoms with van der Waals surface area (Å²) in [6, 6.07) is 4.90. The van der Waals surface area contributed by atoms with Crippen molar-refractivity contribution < 1.29 is 14.3 Å². The minimum Gasteiger partial charge on any atom is -0.619 e. The molecule has 0 radical (unpaired) electrons. The van der Waals surface area contributed by atoms with E-state index in [1.807, 2.05) is 0 Å². The van der Waals surface area contributed by atoms with Gasteiger partial charge >= 0.3 is 0 Å². The number of benzene rings is 1. The zero-order valence-electron chi connectivity index (χ0n) is 12.2. The van der Waals surface area contributed by atoms with Crippen LogP contribution >= 0.6 is 11.6 Å². The number of hydrogen-bond donors (Lipinski definition) is 0. The molecule has 1 aliphatic carbocycles. The minimum absolute atomic E-state index is 0.280. The molecule has 1 aromatic carbocycles. The largest absolute Gasteiger partial charge is 0.619 e. The highest BCUT2D eigenvalue weighted by Gasteiger charge is 2.41. The Hall–Kier alpha value is -2.40. The zero-order valence-corrected chi connectivity index (χ0v) is 13.0. The summed E-state index contributed by atoms with van der Waals surface area (Å²) in [6.07, 6.45) is 5.85. The van der Waals surface area contributed by atoms with Crippen LogP contribution in [0.1, 0.15) is 25.7 Å². The fourth-order valence-electron chi connectivity index (χ4n) is 3.38. The third kappa shape index (κ3) is 2.04. The third-order valence-corrected chi connectivity index (χ3v) is 4.77. The number of anilines is 1. The van der Waals surface area contributed by atoms with E-state index >= 15 is 0 Å². The number of nitrogens with zero attached hydrogens (tertiary/aromatic N) is 2. The average Bonchev–Trinajstić information content (AvgIpc) is 2.80. The van der Waals surface area contributed by atoms with Crippen molar-refractivity contribution in [2.75, 3.05) is 4.90 Å². The molecule has 0 unspecified atom stereocenters. The van der Waals surface area contributed by atoms with E-state index in [4.69, 9.17) is 11.6 Å². The molecule has 23 heavy (non-hydrogen) atoms. The Balaban J connectivity index is 1.92. The molecule has 1 aliphatic heterocycles. The highest BCUT2D eigenvalue weighted by atomic mass is 35.5. The molecular weight excluding hydrogens is 316 g/mol. The first-order chi connectivity index (χ1) is 11.1. The smallest absolute Gasteiger partial charge is 0.261 e. The van der Waals surface area contributed by atoms with Gasteiger partial charge in [-0.2, -0.15) is 4.73 Å². The van der Waals surface area contributed by atoms with Gasteiger partial charge in [-0.05, 0) is 37.8 Å². The van der Waals surface area contributed by atoms with Crippen molar-refractivity contribution in [2.45, 2.75) is 25.7 Å². The zero-order chi connectivity index (χ0) is 16.1. The lowest BCUT2D eigenvalue weighted by atomic mass is 9.93. The van der Waals surface area contributed by atoms with Crippen LogP contribution < -0.4 is 9.63 Å². The van der Waals surface area contributed by atoms with Crippen LogP contribution in [0.4, 0.5) is 5.69 Å². The molecule has 0 atom stereocenters. The molecule has 1 aromatic heterocycles. The van der Waals surface area contributed by atoms with E-state index in [0.29, 0.717) is 50.2 Å². The lowest BCUT2D eigenvalue weighted by Gasteiger charge is -2.18. The SMILES string of the molecule is O=C1C2=C(CCCC2)C(=O)N1c1c(Cl)ccc2c[n+]([O-])ccc12. The van der Waals surface area contributed by atoms with E-state index in [-0.39, 0.29) is 11.8 Å². The van der Waals surface area contributed by atoms with Crippen LogP contribution in [0.15, 0.2) is 41.7 Å². The summed E-state index contributed by atoms with van der Waals surface area (Å²) in [4.78, 5) is 26.6. The Morgan fingerprint density at radius 3 is 2.35 bits per heavy atom. The Bertz CT molecular complexity index is 876. The van der Waals surface area contributed by atoms with Crippen molar-refractivity contribution in [3.63, 3.8) is 0 Å². The molecule has 5 nitrogen and oxygen atoms in total. The van der Waals surface area contributed by atoms with E-state index in [1.165, 1.54) is 17.3 Å². The Morgan fingerprint density at radius 2 is 1.70 bits per heavy atom. The molecule has 2 aliphatic rings. The predicted octanol–water partition coefficient (Wildman–Crippen LogP) is 2.87. The number of amides is 2. The van der Waals surface area contributed by atoms with Gasteiger partial charge in [-0.3, -0.25) is 9.59 Å². The van der Waals surface area contributed by atoms with E-state index in [1.54, 1.807) is 18.2 Å². The van der Waals surface area contributed by atoms with Crippen molar-refractivity contribution in [2.24, 2.45) is 0 Å². The molecule has 0 saturated carbocycles. The number of imide groups is 1. The second kappa shape index (κ2) is 5.06. The predicted molar refractivity (Wildman–Crippen MR) is 85.9 cm³/mol. The van der Waals surface area contributed by atoms with Crippen LogP contribution in [0, 0.1) is 5.21 Å². The van der Waals surface area contributed by atoms with Gasteiger partial charge in [0.15, 0.2) is 12.4 Å². The van der Waals surface area contributed by atoms with Gasteiger partial charge in [-0.25, -0.2) is 4.90 Å². The summed E-state index contributed by atoms with van der Waals surface area (Å²) in [7, 11) is 0. The maximum absolute atomic E-state index is 12.7. The minimum atomic E-state index is -0.280. The van der Waals surface area contributed by atoms with Gasteiger partial charge in [-0.1, -0.05) is 11.6 Å². The van der Waals surface area contributed by atoms with Crippen molar-refractivity contribution in [3.8, 4) is 0 Å². The third-order valence-electron chi connectivity index (χ3n) is 4.47. The fourth-order valence-corrected chi connectivity index (χ4v) is 3.63. The van der Waals surface area contributed by atoms with Crippen LogP contribution in [0.3, 0.4) is 0 Å². The number of aromatic nitrogens is 1. The van der Waals surface area contributed by atoms with Gasteiger partial charge in [0.2, 0.25) is 0 Å². The Labute approximate surface area is 137 Å². The molecule has 0 bridgehead atoms. The first kappa shape index (κ1) is 14.2. The van der Waals surface area contributed by atoms with E-state index < -0.39 is 0 Å². The first-order valence-corrected chi connectivity index (χ1v) is 7.87. The first-order valence-electron chi connectivity index (χ1n) is 7.50. The number of carbonyl (C=O) groups excluding carboxylic acids is 2. The molecule has 116 valence electrons. The van der Waals surface area contributed by atoms with Crippen LogP contribution in [-0.4, -0.2) is 11.8 Å². The fraction of sp³-hybridized carbons (Fsp3) is 0.235. The number of halogens is 1. The Morgan fingerprint density at radius 1 is 1.04 bits per heavy atom. The molecule has 2 aromatic rings. The topological polar surface area (TPSA) is 64.3 Å². The molecule has 6 heteroatoms. The van der Waals surface area contributed by atoms with Crippen molar-refractivity contribution >= 4 is 39.9 Å². The number of carbonyl (C=O) groups is 2. The van der Waals surface area contributed by atoms with Gasteiger partial charge in [0.25, 0.3) is 11.8 Å². The van der Waals surface area contributed by atoms with Crippen molar-refractivity contribution in [3.05, 3.63) is 52.0 Å². The normalized spacial score (nSPS) is 18.0. The van der Waals surface area contributed by atoms with E-state index in [2.05, 4.69) is 0 Å². The maximum Gasteiger partial charge on any atom is 0.261 e. The molecule has 2 heterocycles. The van der Waals surface area contributed by atoms with E-state index in [0.717, 1.165) is 12.8 Å². The molecule has 4 rings (SSSR count). The average molecular weight is 329 g/mol. The summed E-state index contributed by atoms with van der Waals surface area (Å²) in [6.45, 7) is 0. The van der Waals surface area contributed by atoms with Gasteiger partial charge in [-0.15, -0.1) is 0 Å². The molecule has 2 amide bonds. The highest BCUT2D eigenvalue weighted by Crippen LogP contribution is 2.41.